The molecule has 0 aliphatic rings. The smallest absolute Gasteiger partial charge is 0.319 e. The van der Waals surface area contributed by atoms with Gasteiger partial charge in [0.05, 0.1) is 6.42 Å². The second-order valence-corrected chi connectivity index (χ2v) is 4.25. The molecule has 5 nitrogen and oxygen atoms in total. The number of carboxylic acid groups (broad SMARTS) is 1. The molecule has 0 bridgehead atoms. The molecule has 1 aromatic carbocycles. The first-order valence-corrected chi connectivity index (χ1v) is 6.01. The quantitative estimate of drug-likeness (QED) is 0.689. The van der Waals surface area contributed by atoms with E-state index in [4.69, 9.17) is 5.11 Å². The molecule has 0 fully saturated rings. The lowest BCUT2D eigenvalue weighted by Crippen LogP contribution is -2.36. The Kier molecular flexibility index (Phi) is 5.60. The van der Waals surface area contributed by atoms with E-state index in [1.165, 1.54) is 0 Å². The second-order valence-electron chi connectivity index (χ2n) is 4.25. The normalized spacial score (nSPS) is 11.4. The van der Waals surface area contributed by atoms with Crippen LogP contribution in [-0.4, -0.2) is 23.1 Å². The molecule has 0 heterocycles. The monoisotopic (exact) mass is 262 g/mol. The minimum Gasteiger partial charge on any atom is -0.481 e. The highest BCUT2D eigenvalue weighted by atomic mass is 16.4. The Labute approximate surface area is 112 Å². The minimum absolute atomic E-state index is 0.0239. The third kappa shape index (κ3) is 5.25. The fraction of sp³-hybridized carbons (Fsp3) is 0.286. The van der Waals surface area contributed by atoms with Crippen LogP contribution in [0, 0.1) is 0 Å². The number of carbonyl (C=O) groups is 2. The zero-order chi connectivity index (χ0) is 14.3. The van der Waals surface area contributed by atoms with Gasteiger partial charge in [0.15, 0.2) is 0 Å². The molecule has 0 aromatic heterocycles. The molecule has 19 heavy (non-hydrogen) atoms. The molecule has 0 aliphatic heterocycles. The zero-order valence-corrected chi connectivity index (χ0v) is 10.8. The van der Waals surface area contributed by atoms with Crippen molar-refractivity contribution >= 4 is 17.7 Å². The number of hydrogen-bond acceptors (Lipinski definition) is 2. The van der Waals surface area contributed by atoms with Crippen molar-refractivity contribution in [2.75, 3.05) is 5.32 Å². The molecule has 3 N–H and O–H groups in total. The largest absolute Gasteiger partial charge is 0.481 e. The molecule has 1 unspecified atom stereocenters. The Morgan fingerprint density at radius 1 is 1.42 bits per heavy atom. The van der Waals surface area contributed by atoms with Crippen LogP contribution in [0.3, 0.4) is 0 Å². The third-order valence-electron chi connectivity index (χ3n) is 2.50. The van der Waals surface area contributed by atoms with Gasteiger partial charge in [0.25, 0.3) is 0 Å². The molecule has 1 atom stereocenters. The number of carbonyl (C=O) groups excluding carboxylic acids is 1. The van der Waals surface area contributed by atoms with Crippen LogP contribution in [-0.2, 0) is 11.2 Å². The maximum absolute atomic E-state index is 11.7. The number of aliphatic carboxylic acids is 1. The Bertz CT molecular complexity index is 472. The van der Waals surface area contributed by atoms with Gasteiger partial charge >= 0.3 is 12.0 Å². The van der Waals surface area contributed by atoms with E-state index < -0.39 is 5.97 Å². The zero-order valence-electron chi connectivity index (χ0n) is 10.8. The molecule has 0 aliphatic carbocycles. The van der Waals surface area contributed by atoms with E-state index in [2.05, 4.69) is 17.2 Å². The average Bonchev–Trinajstić information content (AvgIpc) is 2.31. The molecule has 0 saturated carbocycles. The van der Waals surface area contributed by atoms with E-state index in [1.807, 2.05) is 6.92 Å². The van der Waals surface area contributed by atoms with Crippen LogP contribution < -0.4 is 10.6 Å². The summed E-state index contributed by atoms with van der Waals surface area (Å²) in [5, 5.41) is 14.2. The van der Waals surface area contributed by atoms with Crippen molar-refractivity contribution in [2.24, 2.45) is 0 Å². The van der Waals surface area contributed by atoms with Gasteiger partial charge in [-0.3, -0.25) is 4.79 Å². The lowest BCUT2D eigenvalue weighted by molar-refractivity contribution is -0.136. The van der Waals surface area contributed by atoms with Crippen molar-refractivity contribution in [1.82, 2.24) is 5.32 Å². The number of benzene rings is 1. The molecule has 102 valence electrons. The third-order valence-corrected chi connectivity index (χ3v) is 2.50. The van der Waals surface area contributed by atoms with Gasteiger partial charge in [-0.1, -0.05) is 24.3 Å². The first-order chi connectivity index (χ1) is 9.02. The van der Waals surface area contributed by atoms with Gasteiger partial charge in [0.2, 0.25) is 0 Å². The lowest BCUT2D eigenvalue weighted by Gasteiger charge is -2.14. The van der Waals surface area contributed by atoms with Gasteiger partial charge in [-0.25, -0.2) is 4.79 Å². The van der Waals surface area contributed by atoms with Gasteiger partial charge < -0.3 is 15.7 Å². The second kappa shape index (κ2) is 7.20. The number of amides is 2. The predicted molar refractivity (Wildman–Crippen MR) is 74.2 cm³/mol. The van der Waals surface area contributed by atoms with Crippen molar-refractivity contribution in [2.45, 2.75) is 25.8 Å². The number of carboxylic acids is 1. The number of hydrogen-bond donors (Lipinski definition) is 3. The van der Waals surface area contributed by atoms with Crippen molar-refractivity contribution in [3.05, 3.63) is 42.5 Å². The number of nitrogens with one attached hydrogen (secondary N) is 2. The summed E-state index contributed by atoms with van der Waals surface area (Å²) in [7, 11) is 0. The lowest BCUT2D eigenvalue weighted by atomic mass is 10.1. The summed E-state index contributed by atoms with van der Waals surface area (Å²) in [6, 6.07) is 6.46. The summed E-state index contributed by atoms with van der Waals surface area (Å²) < 4.78 is 0. The molecule has 0 saturated heterocycles. The van der Waals surface area contributed by atoms with Crippen LogP contribution in [0.15, 0.2) is 36.9 Å². The maximum atomic E-state index is 11.7. The van der Waals surface area contributed by atoms with E-state index in [0.717, 1.165) is 0 Å². The van der Waals surface area contributed by atoms with Crippen molar-refractivity contribution < 1.29 is 14.7 Å². The van der Waals surface area contributed by atoms with E-state index in [-0.39, 0.29) is 18.5 Å². The Hall–Kier alpha value is -2.30. The summed E-state index contributed by atoms with van der Waals surface area (Å²) in [6.07, 6.45) is 2.27. The van der Waals surface area contributed by atoms with Gasteiger partial charge in [-0.15, -0.1) is 6.58 Å². The van der Waals surface area contributed by atoms with E-state index in [0.29, 0.717) is 17.7 Å². The highest BCUT2D eigenvalue weighted by molar-refractivity contribution is 5.91. The Morgan fingerprint density at radius 3 is 2.74 bits per heavy atom. The van der Waals surface area contributed by atoms with Crippen LogP contribution in [0.5, 0.6) is 0 Å². The number of urea groups is 1. The van der Waals surface area contributed by atoms with E-state index in [1.54, 1.807) is 30.3 Å². The average molecular weight is 262 g/mol. The van der Waals surface area contributed by atoms with Crippen LogP contribution in [0.25, 0.3) is 0 Å². The molecule has 2 amide bonds. The first-order valence-electron chi connectivity index (χ1n) is 6.01. The summed E-state index contributed by atoms with van der Waals surface area (Å²) >= 11 is 0. The summed E-state index contributed by atoms with van der Waals surface area (Å²) in [5.74, 6) is -0.935. The SMILES string of the molecule is C=CCC(C)NC(=O)Nc1ccccc1CC(=O)O. The molecule has 5 heteroatoms. The number of para-hydroxylation sites is 1. The van der Waals surface area contributed by atoms with Gasteiger partial charge in [0.1, 0.15) is 0 Å². The highest BCUT2D eigenvalue weighted by Crippen LogP contribution is 2.15. The number of anilines is 1. The van der Waals surface area contributed by atoms with E-state index >= 15 is 0 Å². The molecule has 1 aromatic rings. The number of rotatable bonds is 6. The Balaban J connectivity index is 2.68. The maximum Gasteiger partial charge on any atom is 0.319 e. The molecule has 0 radical (unpaired) electrons. The van der Waals surface area contributed by atoms with Gasteiger partial charge in [-0.2, -0.15) is 0 Å². The van der Waals surface area contributed by atoms with Crippen LogP contribution in [0.4, 0.5) is 10.5 Å². The topological polar surface area (TPSA) is 78.4 Å². The predicted octanol–water partition coefficient (Wildman–Crippen LogP) is 2.40. The molecule has 1 rings (SSSR count). The highest BCUT2D eigenvalue weighted by Gasteiger charge is 2.10. The molecule has 0 spiro atoms. The fourth-order valence-electron chi connectivity index (χ4n) is 1.65. The van der Waals surface area contributed by atoms with Crippen molar-refractivity contribution in [1.29, 1.82) is 0 Å². The van der Waals surface area contributed by atoms with E-state index in [9.17, 15) is 9.59 Å². The van der Waals surface area contributed by atoms with Crippen LogP contribution in [0.1, 0.15) is 18.9 Å². The van der Waals surface area contributed by atoms with Crippen LogP contribution in [0.2, 0.25) is 0 Å². The fourth-order valence-corrected chi connectivity index (χ4v) is 1.65. The standard InChI is InChI=1S/C14H18N2O3/c1-3-6-10(2)15-14(19)16-12-8-5-4-7-11(12)9-13(17)18/h3-5,7-8,10H,1,6,9H2,2H3,(H,17,18)(H2,15,16,19). The minimum atomic E-state index is -0.935. The van der Waals surface area contributed by atoms with Crippen molar-refractivity contribution in [3.63, 3.8) is 0 Å². The molecular weight excluding hydrogens is 244 g/mol. The first kappa shape index (κ1) is 14.8. The summed E-state index contributed by atoms with van der Waals surface area (Å²) in [5.41, 5.74) is 1.08. The van der Waals surface area contributed by atoms with Crippen molar-refractivity contribution in [3.8, 4) is 0 Å². The van der Waals surface area contributed by atoms with Crippen LogP contribution >= 0.6 is 0 Å². The summed E-state index contributed by atoms with van der Waals surface area (Å²) in [4.78, 5) is 22.5. The summed E-state index contributed by atoms with van der Waals surface area (Å²) in [6.45, 7) is 5.47. The Morgan fingerprint density at radius 2 is 2.11 bits per heavy atom. The van der Waals surface area contributed by atoms with Gasteiger partial charge in [-0.05, 0) is 25.0 Å². The molecular formula is C14H18N2O3. The van der Waals surface area contributed by atoms with Gasteiger partial charge in [0, 0.05) is 11.7 Å².